The number of ether oxygens (including phenoxy) is 2. The molecule has 5 nitrogen and oxygen atoms in total. The van der Waals surface area contributed by atoms with Gasteiger partial charge >= 0.3 is 0 Å². The zero-order chi connectivity index (χ0) is 16.5. The third-order valence-corrected chi connectivity index (χ3v) is 6.62. The molecule has 1 N–H and O–H groups in total. The van der Waals surface area contributed by atoms with Crippen molar-refractivity contribution < 1.29 is 14.3 Å². The Balaban J connectivity index is 1.38. The number of methoxy groups -OCH3 is 1. The zero-order valence-corrected chi connectivity index (χ0v) is 15.1. The van der Waals surface area contributed by atoms with Gasteiger partial charge in [-0.05, 0) is 56.1 Å². The van der Waals surface area contributed by atoms with E-state index in [0.717, 1.165) is 21.7 Å². The topological polar surface area (TPSA) is 50.8 Å². The average molecular weight is 364 g/mol. The molecule has 5 heterocycles. The Hall–Kier alpha value is -1.57. The van der Waals surface area contributed by atoms with E-state index >= 15 is 0 Å². The van der Waals surface area contributed by atoms with Gasteiger partial charge in [0.25, 0.3) is 5.91 Å². The van der Waals surface area contributed by atoms with E-state index in [2.05, 4.69) is 10.2 Å². The number of nitrogens with one attached hydrogen (secondary N) is 1. The molecule has 2 bridgehead atoms. The van der Waals surface area contributed by atoms with Crippen LogP contribution in [0.4, 0.5) is 0 Å². The molecular formula is C17H20N2O3S2. The Bertz CT molecular complexity index is 719. The van der Waals surface area contributed by atoms with Gasteiger partial charge in [0.05, 0.1) is 12.0 Å². The van der Waals surface area contributed by atoms with E-state index in [4.69, 9.17) is 9.47 Å². The van der Waals surface area contributed by atoms with Gasteiger partial charge in [-0.25, -0.2) is 0 Å². The van der Waals surface area contributed by atoms with Crippen molar-refractivity contribution in [2.45, 2.75) is 18.9 Å². The summed E-state index contributed by atoms with van der Waals surface area (Å²) in [7, 11) is 1.64. The van der Waals surface area contributed by atoms with Crippen molar-refractivity contribution in [2.75, 3.05) is 26.7 Å². The third-order valence-electron chi connectivity index (χ3n) is 4.74. The molecule has 24 heavy (non-hydrogen) atoms. The molecule has 0 saturated carbocycles. The van der Waals surface area contributed by atoms with Gasteiger partial charge in [0, 0.05) is 12.6 Å². The summed E-state index contributed by atoms with van der Waals surface area (Å²) in [6, 6.07) is 7.71. The third kappa shape index (κ3) is 3.29. The minimum absolute atomic E-state index is 0.0114. The van der Waals surface area contributed by atoms with Crippen LogP contribution in [-0.2, 0) is 0 Å². The molecule has 0 radical (unpaired) electrons. The summed E-state index contributed by atoms with van der Waals surface area (Å²) in [6.07, 6.45) is 2.40. The van der Waals surface area contributed by atoms with E-state index in [1.807, 2.05) is 24.3 Å². The average Bonchev–Trinajstić information content (AvgIpc) is 3.26. The minimum Gasteiger partial charge on any atom is -0.487 e. The number of hydrogen-bond acceptors (Lipinski definition) is 6. The molecule has 0 spiro atoms. The maximum atomic E-state index is 12.5. The smallest absolute Gasteiger partial charge is 0.261 e. The zero-order valence-electron chi connectivity index (χ0n) is 13.5. The highest BCUT2D eigenvalue weighted by molar-refractivity contribution is 7.17. The van der Waals surface area contributed by atoms with Gasteiger partial charge < -0.3 is 19.7 Å². The van der Waals surface area contributed by atoms with Crippen LogP contribution in [0.25, 0.3) is 0 Å². The fraction of sp³-hybridized carbons (Fsp3) is 0.471. The number of piperidine rings is 3. The van der Waals surface area contributed by atoms with Crippen molar-refractivity contribution in [1.82, 2.24) is 10.2 Å². The van der Waals surface area contributed by atoms with E-state index < -0.39 is 0 Å². The minimum atomic E-state index is 0.0114. The van der Waals surface area contributed by atoms with Crippen molar-refractivity contribution in [1.29, 1.82) is 0 Å². The van der Waals surface area contributed by atoms with Crippen LogP contribution in [0.15, 0.2) is 24.3 Å². The molecule has 7 heteroatoms. The quantitative estimate of drug-likeness (QED) is 0.883. The standard InChI is InChI=1S/C17H20N2O3S2/c1-21-14-4-5-16(24-14)22-15-3-2-13(23-15)17(20)18-12-10-19-8-6-11(12)7-9-19/h2-5,11-12H,6-10H2,1H3,(H,18,20). The van der Waals surface area contributed by atoms with E-state index in [1.165, 1.54) is 48.6 Å². The summed E-state index contributed by atoms with van der Waals surface area (Å²) in [5.74, 6) is 0.644. The summed E-state index contributed by atoms with van der Waals surface area (Å²) in [5, 5.41) is 5.50. The predicted octanol–water partition coefficient (Wildman–Crippen LogP) is 3.43. The predicted molar refractivity (Wildman–Crippen MR) is 95.7 cm³/mol. The van der Waals surface area contributed by atoms with Crippen LogP contribution in [0, 0.1) is 5.92 Å². The fourth-order valence-electron chi connectivity index (χ4n) is 3.43. The van der Waals surface area contributed by atoms with Gasteiger partial charge in [-0.3, -0.25) is 4.79 Å². The van der Waals surface area contributed by atoms with Gasteiger partial charge in [-0.2, -0.15) is 0 Å². The molecule has 1 amide bonds. The van der Waals surface area contributed by atoms with Gasteiger partial charge in [0.15, 0.2) is 15.2 Å². The van der Waals surface area contributed by atoms with E-state index in [9.17, 15) is 4.79 Å². The Labute approximate surface area is 149 Å². The SMILES string of the molecule is COc1ccc(Oc2ccc(C(=O)NC3CN4CCC3CC4)s2)s1. The van der Waals surface area contributed by atoms with E-state index in [-0.39, 0.29) is 11.9 Å². The fourth-order valence-corrected chi connectivity index (χ4v) is 4.94. The van der Waals surface area contributed by atoms with Crippen LogP contribution in [0.5, 0.6) is 15.2 Å². The van der Waals surface area contributed by atoms with E-state index in [1.54, 1.807) is 7.11 Å². The highest BCUT2D eigenvalue weighted by atomic mass is 32.1. The number of hydrogen-bond donors (Lipinski definition) is 1. The monoisotopic (exact) mass is 364 g/mol. The largest absolute Gasteiger partial charge is 0.487 e. The molecule has 1 unspecified atom stereocenters. The summed E-state index contributed by atoms with van der Waals surface area (Å²) >= 11 is 2.82. The van der Waals surface area contributed by atoms with Crippen molar-refractivity contribution in [3.05, 3.63) is 29.1 Å². The number of carbonyl (C=O) groups excluding carboxylic acids is 1. The Morgan fingerprint density at radius 2 is 1.83 bits per heavy atom. The maximum Gasteiger partial charge on any atom is 0.261 e. The van der Waals surface area contributed by atoms with E-state index in [0.29, 0.717) is 10.8 Å². The lowest BCUT2D eigenvalue weighted by molar-refractivity contribution is 0.0622. The first-order chi connectivity index (χ1) is 11.7. The first kappa shape index (κ1) is 15.9. The molecule has 3 aliphatic heterocycles. The number of fused-ring (bicyclic) bond motifs is 3. The molecule has 0 aromatic carbocycles. The van der Waals surface area contributed by atoms with Crippen LogP contribution in [0.1, 0.15) is 22.5 Å². The summed E-state index contributed by atoms with van der Waals surface area (Å²) in [6.45, 7) is 3.34. The second-order valence-corrected chi connectivity index (χ2v) is 8.27. The lowest BCUT2D eigenvalue weighted by Gasteiger charge is -2.44. The van der Waals surface area contributed by atoms with Gasteiger partial charge in [0.1, 0.15) is 0 Å². The van der Waals surface area contributed by atoms with Crippen LogP contribution in [0.3, 0.4) is 0 Å². The molecule has 0 aliphatic carbocycles. The van der Waals surface area contributed by atoms with Crippen LogP contribution in [0.2, 0.25) is 0 Å². The first-order valence-electron chi connectivity index (χ1n) is 8.16. The maximum absolute atomic E-state index is 12.5. The van der Waals surface area contributed by atoms with Crippen molar-refractivity contribution in [2.24, 2.45) is 5.92 Å². The normalized spacial score (nSPS) is 25.5. The molecule has 3 fully saturated rings. The summed E-state index contributed by atoms with van der Waals surface area (Å²) < 4.78 is 11.0. The Morgan fingerprint density at radius 1 is 1.12 bits per heavy atom. The summed E-state index contributed by atoms with van der Waals surface area (Å²) in [4.78, 5) is 15.7. The molecule has 2 aromatic heterocycles. The van der Waals surface area contributed by atoms with Crippen molar-refractivity contribution >= 4 is 28.6 Å². The Morgan fingerprint density at radius 3 is 2.50 bits per heavy atom. The highest BCUT2D eigenvalue weighted by Gasteiger charge is 2.35. The summed E-state index contributed by atoms with van der Waals surface area (Å²) in [5.41, 5.74) is 0. The van der Waals surface area contributed by atoms with Gasteiger partial charge in [-0.1, -0.05) is 22.7 Å². The van der Waals surface area contributed by atoms with Crippen LogP contribution < -0.4 is 14.8 Å². The van der Waals surface area contributed by atoms with Crippen molar-refractivity contribution in [3.8, 4) is 15.2 Å². The highest BCUT2D eigenvalue weighted by Crippen LogP contribution is 2.37. The number of nitrogens with zero attached hydrogens (tertiary/aromatic N) is 1. The number of amides is 1. The van der Waals surface area contributed by atoms with Crippen LogP contribution in [-0.4, -0.2) is 43.6 Å². The second-order valence-electron chi connectivity index (χ2n) is 6.22. The van der Waals surface area contributed by atoms with Gasteiger partial charge in [-0.15, -0.1) is 0 Å². The number of carbonyl (C=O) groups is 1. The lowest BCUT2D eigenvalue weighted by Crippen LogP contribution is -2.57. The number of rotatable bonds is 5. The first-order valence-corrected chi connectivity index (χ1v) is 9.79. The second kappa shape index (κ2) is 6.74. The van der Waals surface area contributed by atoms with Crippen LogP contribution >= 0.6 is 22.7 Å². The molecule has 3 saturated heterocycles. The molecule has 128 valence electrons. The number of thiophene rings is 2. The Kier molecular flexibility index (Phi) is 4.47. The lowest BCUT2D eigenvalue weighted by atomic mass is 9.84. The molecular weight excluding hydrogens is 344 g/mol. The van der Waals surface area contributed by atoms with Gasteiger partial charge in [0.2, 0.25) is 0 Å². The molecule has 3 aliphatic rings. The molecule has 1 atom stereocenters. The van der Waals surface area contributed by atoms with Crippen molar-refractivity contribution in [3.63, 3.8) is 0 Å². The molecule has 2 aromatic rings. The molecule has 5 rings (SSSR count).